The average molecular weight is 260 g/mol. The third-order valence-corrected chi connectivity index (χ3v) is 2.70. The molecule has 0 radical (unpaired) electrons. The van der Waals surface area contributed by atoms with E-state index in [0.29, 0.717) is 0 Å². The summed E-state index contributed by atoms with van der Waals surface area (Å²) in [4.78, 5) is 0. The second-order valence-corrected chi connectivity index (χ2v) is 4.09. The molecule has 2 rings (SSSR count). The first-order chi connectivity index (χ1) is 9.28. The first-order valence-electron chi connectivity index (χ1n) is 6.15. The smallest absolute Gasteiger partial charge is 0.123 e. The third kappa shape index (κ3) is 4.17. The van der Waals surface area contributed by atoms with Crippen molar-refractivity contribution in [1.29, 1.82) is 0 Å². The van der Waals surface area contributed by atoms with Crippen LogP contribution in [-0.4, -0.2) is 20.2 Å². The molecular formula is C15H17FN2O. The molecule has 2 N–H and O–H groups in total. The summed E-state index contributed by atoms with van der Waals surface area (Å²) < 4.78 is 17.9. The van der Waals surface area contributed by atoms with Crippen LogP contribution in [0.3, 0.4) is 0 Å². The molecule has 0 saturated heterocycles. The van der Waals surface area contributed by atoms with E-state index in [9.17, 15) is 4.39 Å². The van der Waals surface area contributed by atoms with Gasteiger partial charge in [-0.15, -0.1) is 0 Å². The minimum Gasteiger partial charge on any atom is -0.497 e. The molecule has 0 spiro atoms. The summed E-state index contributed by atoms with van der Waals surface area (Å²) >= 11 is 0. The Kier molecular flexibility index (Phi) is 4.61. The van der Waals surface area contributed by atoms with Crippen molar-refractivity contribution < 1.29 is 9.13 Å². The number of halogens is 1. The van der Waals surface area contributed by atoms with Crippen LogP contribution in [0.15, 0.2) is 48.5 Å². The van der Waals surface area contributed by atoms with Crippen LogP contribution in [0.4, 0.5) is 15.8 Å². The summed E-state index contributed by atoms with van der Waals surface area (Å²) in [5.74, 6) is 0.608. The van der Waals surface area contributed by atoms with Crippen LogP contribution in [0, 0.1) is 5.82 Å². The maximum Gasteiger partial charge on any atom is 0.123 e. The molecule has 0 aliphatic heterocycles. The molecule has 0 amide bonds. The van der Waals surface area contributed by atoms with E-state index in [-0.39, 0.29) is 5.82 Å². The third-order valence-electron chi connectivity index (χ3n) is 2.70. The zero-order valence-electron chi connectivity index (χ0n) is 10.8. The minimum atomic E-state index is -0.222. The van der Waals surface area contributed by atoms with Gasteiger partial charge in [-0.1, -0.05) is 6.07 Å². The van der Waals surface area contributed by atoms with E-state index in [4.69, 9.17) is 4.74 Å². The highest BCUT2D eigenvalue weighted by atomic mass is 19.1. The summed E-state index contributed by atoms with van der Waals surface area (Å²) in [5, 5.41) is 6.49. The molecule has 0 heterocycles. The Labute approximate surface area is 112 Å². The lowest BCUT2D eigenvalue weighted by atomic mass is 10.3. The topological polar surface area (TPSA) is 33.3 Å². The molecule has 100 valence electrons. The van der Waals surface area contributed by atoms with Gasteiger partial charge in [-0.2, -0.15) is 0 Å². The fourth-order valence-electron chi connectivity index (χ4n) is 1.71. The molecule has 0 fully saturated rings. The van der Waals surface area contributed by atoms with E-state index >= 15 is 0 Å². The van der Waals surface area contributed by atoms with Gasteiger partial charge in [0.1, 0.15) is 11.6 Å². The van der Waals surface area contributed by atoms with Gasteiger partial charge in [-0.05, 0) is 36.4 Å². The van der Waals surface area contributed by atoms with Crippen molar-refractivity contribution in [2.75, 3.05) is 30.8 Å². The summed E-state index contributed by atoms with van der Waals surface area (Å²) in [6.45, 7) is 1.52. The lowest BCUT2D eigenvalue weighted by Crippen LogP contribution is -2.13. The predicted octanol–water partition coefficient (Wildman–Crippen LogP) is 3.36. The number of hydrogen-bond acceptors (Lipinski definition) is 3. The van der Waals surface area contributed by atoms with Gasteiger partial charge in [0.25, 0.3) is 0 Å². The molecule has 0 atom stereocenters. The monoisotopic (exact) mass is 260 g/mol. The highest BCUT2D eigenvalue weighted by Crippen LogP contribution is 2.16. The average Bonchev–Trinajstić information content (AvgIpc) is 2.46. The van der Waals surface area contributed by atoms with Gasteiger partial charge in [0.2, 0.25) is 0 Å². The summed E-state index contributed by atoms with van der Waals surface area (Å²) in [6, 6.07) is 14.1. The lowest BCUT2D eigenvalue weighted by Gasteiger charge is -2.09. The zero-order chi connectivity index (χ0) is 13.5. The van der Waals surface area contributed by atoms with Crippen molar-refractivity contribution in [3.8, 4) is 5.75 Å². The Morgan fingerprint density at radius 1 is 0.947 bits per heavy atom. The molecule has 2 aromatic carbocycles. The van der Waals surface area contributed by atoms with Crippen molar-refractivity contribution in [2.45, 2.75) is 0 Å². The van der Waals surface area contributed by atoms with E-state index in [1.54, 1.807) is 19.2 Å². The summed E-state index contributed by atoms with van der Waals surface area (Å²) in [6.07, 6.45) is 0. The minimum absolute atomic E-state index is 0.222. The van der Waals surface area contributed by atoms with Crippen LogP contribution >= 0.6 is 0 Å². The molecule has 0 unspecified atom stereocenters. The van der Waals surface area contributed by atoms with Crippen molar-refractivity contribution in [1.82, 2.24) is 0 Å². The molecule has 19 heavy (non-hydrogen) atoms. The molecule has 2 aromatic rings. The molecule has 4 heteroatoms. The first kappa shape index (κ1) is 13.2. The number of benzene rings is 2. The molecule has 0 bridgehead atoms. The van der Waals surface area contributed by atoms with Crippen LogP contribution in [0.5, 0.6) is 5.75 Å². The van der Waals surface area contributed by atoms with Crippen LogP contribution in [-0.2, 0) is 0 Å². The lowest BCUT2D eigenvalue weighted by molar-refractivity contribution is 0.415. The van der Waals surface area contributed by atoms with Crippen LogP contribution in [0.1, 0.15) is 0 Å². The largest absolute Gasteiger partial charge is 0.497 e. The second kappa shape index (κ2) is 6.64. The molecular weight excluding hydrogens is 243 g/mol. The van der Waals surface area contributed by atoms with E-state index in [2.05, 4.69) is 10.6 Å². The highest BCUT2D eigenvalue weighted by Gasteiger charge is 1.95. The van der Waals surface area contributed by atoms with Crippen LogP contribution < -0.4 is 15.4 Å². The molecule has 0 aliphatic rings. The number of rotatable bonds is 6. The molecule has 0 aromatic heterocycles. The van der Waals surface area contributed by atoms with Gasteiger partial charge in [-0.25, -0.2) is 4.39 Å². The van der Waals surface area contributed by atoms with Crippen LogP contribution in [0.25, 0.3) is 0 Å². The zero-order valence-corrected chi connectivity index (χ0v) is 10.8. The maximum absolute atomic E-state index is 12.7. The molecule has 0 saturated carbocycles. The highest BCUT2D eigenvalue weighted by molar-refractivity contribution is 5.48. The normalized spacial score (nSPS) is 10.0. The number of ether oxygens (including phenoxy) is 1. The predicted molar refractivity (Wildman–Crippen MR) is 76.4 cm³/mol. The van der Waals surface area contributed by atoms with Gasteiger partial charge in [0.15, 0.2) is 0 Å². The Bertz CT molecular complexity index is 514. The first-order valence-corrected chi connectivity index (χ1v) is 6.15. The molecule has 3 nitrogen and oxygen atoms in total. The Balaban J connectivity index is 1.75. The standard InChI is InChI=1S/C15H17FN2O/c1-19-15-4-2-3-14(11-15)18-10-9-17-13-7-5-12(16)6-8-13/h2-8,11,17-18H,9-10H2,1H3. The van der Waals surface area contributed by atoms with Crippen molar-refractivity contribution in [3.05, 3.63) is 54.3 Å². The fraction of sp³-hybridized carbons (Fsp3) is 0.200. The van der Waals surface area contributed by atoms with E-state index in [1.165, 1.54) is 12.1 Å². The van der Waals surface area contributed by atoms with Crippen molar-refractivity contribution in [3.63, 3.8) is 0 Å². The Morgan fingerprint density at radius 2 is 1.63 bits per heavy atom. The fourth-order valence-corrected chi connectivity index (χ4v) is 1.71. The number of nitrogens with one attached hydrogen (secondary N) is 2. The summed E-state index contributed by atoms with van der Waals surface area (Å²) in [7, 11) is 1.65. The van der Waals surface area contributed by atoms with Crippen molar-refractivity contribution >= 4 is 11.4 Å². The Hall–Kier alpha value is -2.23. The van der Waals surface area contributed by atoms with E-state index in [0.717, 1.165) is 30.2 Å². The van der Waals surface area contributed by atoms with Crippen LogP contribution in [0.2, 0.25) is 0 Å². The summed E-state index contributed by atoms with van der Waals surface area (Å²) in [5.41, 5.74) is 1.93. The van der Waals surface area contributed by atoms with E-state index in [1.807, 2.05) is 24.3 Å². The number of methoxy groups -OCH3 is 1. The van der Waals surface area contributed by atoms with E-state index < -0.39 is 0 Å². The van der Waals surface area contributed by atoms with Gasteiger partial charge in [0, 0.05) is 30.5 Å². The van der Waals surface area contributed by atoms with Gasteiger partial charge in [0.05, 0.1) is 7.11 Å². The van der Waals surface area contributed by atoms with Gasteiger partial charge in [-0.3, -0.25) is 0 Å². The number of anilines is 2. The van der Waals surface area contributed by atoms with Crippen molar-refractivity contribution in [2.24, 2.45) is 0 Å². The van der Waals surface area contributed by atoms with Gasteiger partial charge >= 0.3 is 0 Å². The quantitative estimate of drug-likeness (QED) is 0.781. The molecule has 0 aliphatic carbocycles. The number of hydrogen-bond donors (Lipinski definition) is 2. The SMILES string of the molecule is COc1cccc(NCCNc2ccc(F)cc2)c1. The van der Waals surface area contributed by atoms with Gasteiger partial charge < -0.3 is 15.4 Å². The second-order valence-electron chi connectivity index (χ2n) is 4.09. The maximum atomic E-state index is 12.7. The Morgan fingerprint density at radius 3 is 2.32 bits per heavy atom.